The van der Waals surface area contributed by atoms with E-state index in [2.05, 4.69) is 5.32 Å². The lowest BCUT2D eigenvalue weighted by molar-refractivity contribution is 0.00749. The number of hydrogen-bond donors (Lipinski definition) is 1. The number of alkyl carbamates (subject to hydrolysis) is 1. The van der Waals surface area contributed by atoms with Gasteiger partial charge in [-0.15, -0.1) is 0 Å². The number of rotatable bonds is 5. The number of amides is 1. The third kappa shape index (κ3) is 4.36. The van der Waals surface area contributed by atoms with Crippen LogP contribution in [0.4, 0.5) is 4.79 Å². The molecule has 2 aromatic rings. The standard InChI is InChI=1S/C26H29NO7/c1-15(16-6-4-3-5-7-16)27-26(29)34-25-23(28)19-10-9-18(30-2)13-21(19)33-24(25)17-8-11-20-22(12-17)32-14-31-20/h8-13,15-16,24-25H,3-7,14H2,1-2H3,(H,27,29)/t15-,24+,25-/m1/s1. The van der Waals surface area contributed by atoms with Gasteiger partial charge in [0.25, 0.3) is 0 Å². The van der Waals surface area contributed by atoms with Crippen molar-refractivity contribution in [2.75, 3.05) is 13.9 Å². The summed E-state index contributed by atoms with van der Waals surface area (Å²) < 4.78 is 28.1. The predicted octanol–water partition coefficient (Wildman–Crippen LogP) is 4.80. The molecule has 0 bridgehead atoms. The molecule has 0 spiro atoms. The summed E-state index contributed by atoms with van der Waals surface area (Å²) in [6.07, 6.45) is 3.13. The molecule has 1 saturated carbocycles. The van der Waals surface area contributed by atoms with Crippen molar-refractivity contribution >= 4 is 11.9 Å². The fourth-order valence-electron chi connectivity index (χ4n) is 4.96. The smallest absolute Gasteiger partial charge is 0.408 e. The van der Waals surface area contributed by atoms with E-state index in [4.69, 9.17) is 23.7 Å². The molecular weight excluding hydrogens is 438 g/mol. The summed E-state index contributed by atoms with van der Waals surface area (Å²) in [5.74, 6) is 2.20. The molecule has 3 atom stereocenters. The zero-order valence-electron chi connectivity index (χ0n) is 19.4. The monoisotopic (exact) mass is 467 g/mol. The molecule has 34 heavy (non-hydrogen) atoms. The Kier molecular flexibility index (Phi) is 6.22. The minimum atomic E-state index is -1.15. The van der Waals surface area contributed by atoms with Crippen LogP contribution in [0.25, 0.3) is 0 Å². The summed E-state index contributed by atoms with van der Waals surface area (Å²) in [5, 5.41) is 2.94. The van der Waals surface area contributed by atoms with Crippen LogP contribution < -0.4 is 24.3 Å². The van der Waals surface area contributed by atoms with E-state index >= 15 is 0 Å². The SMILES string of the molecule is COc1ccc2c(c1)O[C@@H](c1ccc3c(c1)OCO3)[C@H](OC(=O)N[C@H](C)C1CCCCC1)C2=O. The molecule has 0 saturated heterocycles. The first-order valence-corrected chi connectivity index (χ1v) is 11.8. The van der Waals surface area contributed by atoms with Gasteiger partial charge in [0.1, 0.15) is 11.5 Å². The normalized spacial score (nSPS) is 22.4. The van der Waals surface area contributed by atoms with Gasteiger partial charge in [0.15, 0.2) is 17.6 Å². The highest BCUT2D eigenvalue weighted by atomic mass is 16.7. The van der Waals surface area contributed by atoms with Crippen LogP contribution in [0.1, 0.15) is 61.1 Å². The summed E-state index contributed by atoms with van der Waals surface area (Å²) in [6, 6.07) is 10.2. The fourth-order valence-corrected chi connectivity index (χ4v) is 4.96. The van der Waals surface area contributed by atoms with Crippen LogP contribution in [-0.2, 0) is 4.74 Å². The summed E-state index contributed by atoms with van der Waals surface area (Å²) in [7, 11) is 1.55. The first kappa shape index (κ1) is 22.4. The van der Waals surface area contributed by atoms with Gasteiger partial charge in [-0.1, -0.05) is 25.3 Å². The van der Waals surface area contributed by atoms with Gasteiger partial charge in [-0.3, -0.25) is 4.79 Å². The Hall–Kier alpha value is -3.42. The molecule has 180 valence electrons. The Morgan fingerprint density at radius 2 is 1.82 bits per heavy atom. The van der Waals surface area contributed by atoms with Crippen LogP contribution in [0.5, 0.6) is 23.0 Å². The second-order valence-corrected chi connectivity index (χ2v) is 9.03. The Balaban J connectivity index is 1.41. The van der Waals surface area contributed by atoms with E-state index in [1.165, 1.54) is 19.3 Å². The summed E-state index contributed by atoms with van der Waals surface area (Å²) in [4.78, 5) is 26.4. The second-order valence-electron chi connectivity index (χ2n) is 9.03. The van der Waals surface area contributed by atoms with E-state index in [1.807, 2.05) is 6.92 Å². The molecule has 8 nitrogen and oxygen atoms in total. The van der Waals surface area contributed by atoms with Crippen molar-refractivity contribution in [3.05, 3.63) is 47.5 Å². The molecular formula is C26H29NO7. The quantitative estimate of drug-likeness (QED) is 0.675. The zero-order chi connectivity index (χ0) is 23.7. The molecule has 1 amide bonds. The van der Waals surface area contributed by atoms with Crippen molar-refractivity contribution in [3.63, 3.8) is 0 Å². The number of carbonyl (C=O) groups is 2. The molecule has 0 radical (unpaired) electrons. The van der Waals surface area contributed by atoms with Crippen molar-refractivity contribution in [2.24, 2.45) is 5.92 Å². The zero-order valence-corrected chi connectivity index (χ0v) is 19.4. The molecule has 0 unspecified atom stereocenters. The molecule has 3 aliphatic rings. The molecule has 2 aliphatic heterocycles. The summed E-state index contributed by atoms with van der Waals surface area (Å²) in [6.45, 7) is 2.12. The van der Waals surface area contributed by atoms with Crippen LogP contribution >= 0.6 is 0 Å². The van der Waals surface area contributed by atoms with Gasteiger partial charge in [-0.05, 0) is 49.9 Å². The molecule has 8 heteroatoms. The van der Waals surface area contributed by atoms with E-state index in [9.17, 15) is 9.59 Å². The number of methoxy groups -OCH3 is 1. The molecule has 2 aromatic carbocycles. The van der Waals surface area contributed by atoms with Gasteiger partial charge in [-0.2, -0.15) is 0 Å². The molecule has 0 aromatic heterocycles. The van der Waals surface area contributed by atoms with Crippen molar-refractivity contribution in [3.8, 4) is 23.0 Å². The minimum Gasteiger partial charge on any atom is -0.497 e. The van der Waals surface area contributed by atoms with E-state index < -0.39 is 18.3 Å². The van der Waals surface area contributed by atoms with Gasteiger partial charge in [0.05, 0.1) is 12.7 Å². The van der Waals surface area contributed by atoms with Crippen LogP contribution in [0.15, 0.2) is 36.4 Å². The van der Waals surface area contributed by atoms with E-state index in [0.717, 1.165) is 12.8 Å². The lowest BCUT2D eigenvalue weighted by Crippen LogP contribution is -2.45. The largest absolute Gasteiger partial charge is 0.497 e. The van der Waals surface area contributed by atoms with Gasteiger partial charge in [0, 0.05) is 17.7 Å². The molecule has 1 aliphatic carbocycles. The number of nitrogens with one attached hydrogen (secondary N) is 1. The number of carbonyl (C=O) groups excluding carboxylic acids is 2. The average molecular weight is 468 g/mol. The van der Waals surface area contributed by atoms with Gasteiger partial charge < -0.3 is 29.0 Å². The number of benzene rings is 2. The van der Waals surface area contributed by atoms with Gasteiger partial charge in [0.2, 0.25) is 18.7 Å². The van der Waals surface area contributed by atoms with Crippen LogP contribution in [0.2, 0.25) is 0 Å². The third-order valence-corrected chi connectivity index (χ3v) is 6.90. The van der Waals surface area contributed by atoms with Crippen molar-refractivity contribution in [2.45, 2.75) is 57.3 Å². The molecule has 1 fully saturated rings. The Morgan fingerprint density at radius 3 is 2.62 bits per heavy atom. The van der Waals surface area contributed by atoms with Crippen LogP contribution in [0.3, 0.4) is 0 Å². The molecule has 1 N–H and O–H groups in total. The maximum Gasteiger partial charge on any atom is 0.408 e. The van der Waals surface area contributed by atoms with E-state index in [-0.39, 0.29) is 18.6 Å². The van der Waals surface area contributed by atoms with Crippen LogP contribution in [0, 0.1) is 5.92 Å². The summed E-state index contributed by atoms with van der Waals surface area (Å²) in [5.41, 5.74) is 0.986. The van der Waals surface area contributed by atoms with E-state index in [1.54, 1.807) is 43.5 Å². The number of ether oxygens (including phenoxy) is 5. The van der Waals surface area contributed by atoms with Crippen molar-refractivity contribution in [1.82, 2.24) is 5.32 Å². The number of Topliss-reactive ketones (excluding diaryl/α,β-unsaturated/α-hetero) is 1. The maximum absolute atomic E-state index is 13.5. The highest BCUT2D eigenvalue weighted by Crippen LogP contribution is 2.41. The minimum absolute atomic E-state index is 0.0343. The summed E-state index contributed by atoms with van der Waals surface area (Å²) >= 11 is 0. The predicted molar refractivity (Wildman–Crippen MR) is 123 cm³/mol. The fraction of sp³-hybridized carbons (Fsp3) is 0.462. The van der Waals surface area contributed by atoms with Crippen LogP contribution in [-0.4, -0.2) is 37.9 Å². The van der Waals surface area contributed by atoms with Gasteiger partial charge >= 0.3 is 6.09 Å². The van der Waals surface area contributed by atoms with Gasteiger partial charge in [-0.25, -0.2) is 4.79 Å². The molecule has 2 heterocycles. The van der Waals surface area contributed by atoms with Crippen molar-refractivity contribution < 1.29 is 33.3 Å². The highest BCUT2D eigenvalue weighted by Gasteiger charge is 2.42. The molecule has 5 rings (SSSR count). The lowest BCUT2D eigenvalue weighted by Gasteiger charge is -2.33. The first-order valence-electron chi connectivity index (χ1n) is 11.8. The number of fused-ring (bicyclic) bond motifs is 2. The van der Waals surface area contributed by atoms with E-state index in [0.29, 0.717) is 40.0 Å². The lowest BCUT2D eigenvalue weighted by atomic mass is 9.85. The number of hydrogen-bond acceptors (Lipinski definition) is 7. The first-order chi connectivity index (χ1) is 16.5. The average Bonchev–Trinajstić information content (AvgIpc) is 3.33. The Labute approximate surface area is 198 Å². The topological polar surface area (TPSA) is 92.3 Å². The Morgan fingerprint density at radius 1 is 1.03 bits per heavy atom. The highest BCUT2D eigenvalue weighted by molar-refractivity contribution is 6.04. The third-order valence-electron chi connectivity index (χ3n) is 6.90. The van der Waals surface area contributed by atoms with Crippen molar-refractivity contribution in [1.29, 1.82) is 0 Å². The Bertz CT molecular complexity index is 1080. The maximum atomic E-state index is 13.5. The number of ketones is 1. The second kappa shape index (κ2) is 9.44.